The molecule has 0 saturated heterocycles. The maximum Gasteiger partial charge on any atom is 0.233 e. The van der Waals surface area contributed by atoms with Gasteiger partial charge >= 0.3 is 0 Å². The highest BCUT2D eigenvalue weighted by Crippen LogP contribution is 2.31. The summed E-state index contributed by atoms with van der Waals surface area (Å²) in [5.41, 5.74) is 1.87. The fourth-order valence-corrected chi connectivity index (χ4v) is 3.00. The van der Waals surface area contributed by atoms with Crippen molar-refractivity contribution in [2.75, 3.05) is 0 Å². The lowest BCUT2D eigenvalue weighted by Gasteiger charge is -2.14. The first-order valence-electron chi connectivity index (χ1n) is 8.17. The first-order chi connectivity index (χ1) is 12.2. The van der Waals surface area contributed by atoms with Crippen LogP contribution in [0.25, 0.3) is 16.9 Å². The molecule has 1 N–H and O–H groups in total. The quantitative estimate of drug-likeness (QED) is 0.789. The van der Waals surface area contributed by atoms with Crippen LogP contribution in [0.2, 0.25) is 0 Å². The molecule has 7 heteroatoms. The molecule has 2 heterocycles. The smallest absolute Gasteiger partial charge is 0.233 e. The molecule has 128 valence electrons. The lowest BCUT2D eigenvalue weighted by atomic mass is 10.1. The number of phenols is 1. The lowest BCUT2D eigenvalue weighted by Crippen LogP contribution is -2.22. The number of hydrogen-bond acceptors (Lipinski definition) is 5. The molecule has 1 fully saturated rings. The summed E-state index contributed by atoms with van der Waals surface area (Å²) in [6.07, 6.45) is 5.79. The van der Waals surface area contributed by atoms with Crippen LogP contribution in [0, 0.1) is 0 Å². The van der Waals surface area contributed by atoms with E-state index in [0.717, 1.165) is 12.1 Å². The van der Waals surface area contributed by atoms with Gasteiger partial charge in [-0.15, -0.1) is 10.2 Å². The predicted octanol–water partition coefficient (Wildman–Crippen LogP) is 3.30. The summed E-state index contributed by atoms with van der Waals surface area (Å²) in [6.45, 7) is 0. The largest absolute Gasteiger partial charge is 0.507 e. The summed E-state index contributed by atoms with van der Waals surface area (Å²) in [5.74, 6) is 0.390. The molecule has 2 atom stereocenters. The van der Waals surface area contributed by atoms with Crippen molar-refractivity contribution in [3.8, 4) is 28.6 Å². The Morgan fingerprint density at radius 2 is 2.08 bits per heavy atom. The van der Waals surface area contributed by atoms with Crippen molar-refractivity contribution >= 4 is 0 Å². The van der Waals surface area contributed by atoms with Crippen molar-refractivity contribution in [2.24, 2.45) is 0 Å². The molecule has 1 aliphatic rings. The number of benzene rings is 1. The average Bonchev–Trinajstić information content (AvgIpc) is 3.28. The van der Waals surface area contributed by atoms with Gasteiger partial charge in [0.1, 0.15) is 18.0 Å². The Hall–Kier alpha value is -2.96. The van der Waals surface area contributed by atoms with Gasteiger partial charge in [-0.1, -0.05) is 0 Å². The van der Waals surface area contributed by atoms with Gasteiger partial charge in [0.25, 0.3) is 0 Å². The van der Waals surface area contributed by atoms with E-state index in [9.17, 15) is 9.50 Å². The summed E-state index contributed by atoms with van der Waals surface area (Å²) in [5, 5.41) is 18.4. The zero-order chi connectivity index (χ0) is 17.2. The van der Waals surface area contributed by atoms with Crippen molar-refractivity contribution < 1.29 is 14.2 Å². The molecule has 1 saturated carbocycles. The Morgan fingerprint density at radius 1 is 1.16 bits per heavy atom. The zero-order valence-corrected chi connectivity index (χ0v) is 13.4. The number of phenolic OH excluding ortho intramolecular Hbond substituents is 1. The molecule has 1 aliphatic carbocycles. The second-order valence-corrected chi connectivity index (χ2v) is 6.03. The van der Waals surface area contributed by atoms with E-state index in [-0.39, 0.29) is 5.75 Å². The van der Waals surface area contributed by atoms with E-state index in [0.29, 0.717) is 30.0 Å². The predicted molar refractivity (Wildman–Crippen MR) is 89.4 cm³/mol. The first kappa shape index (κ1) is 15.6. The molecule has 0 bridgehead atoms. The Bertz CT molecular complexity index is 852. The van der Waals surface area contributed by atoms with E-state index < -0.39 is 12.3 Å². The van der Waals surface area contributed by atoms with Crippen LogP contribution in [0.15, 0.2) is 49.1 Å². The second-order valence-electron chi connectivity index (χ2n) is 6.03. The molecule has 6 nitrogen and oxygen atoms in total. The van der Waals surface area contributed by atoms with E-state index in [2.05, 4.69) is 15.2 Å². The van der Waals surface area contributed by atoms with E-state index >= 15 is 0 Å². The van der Waals surface area contributed by atoms with Gasteiger partial charge in [0.05, 0.1) is 17.7 Å². The standard InChI is InChI=1S/C18H17FN4O2/c19-14-2-1-3-17(14)25-18-7-6-15(21-22-18)13-5-4-12(10-16(13)24)23-9-8-20-11-23/h4-11,14,17,24H,1-3H2/t14-,17+/m0/s1. The minimum atomic E-state index is -0.943. The van der Waals surface area contributed by atoms with E-state index in [1.807, 2.05) is 6.07 Å². The van der Waals surface area contributed by atoms with Crippen molar-refractivity contribution in [1.29, 1.82) is 0 Å². The number of nitrogens with zero attached hydrogens (tertiary/aromatic N) is 4. The highest BCUT2D eigenvalue weighted by molar-refractivity contribution is 5.68. The van der Waals surface area contributed by atoms with E-state index in [1.54, 1.807) is 47.6 Å². The normalized spacial score (nSPS) is 19.9. The van der Waals surface area contributed by atoms with E-state index in [4.69, 9.17) is 4.74 Å². The third-order valence-electron chi connectivity index (χ3n) is 4.34. The van der Waals surface area contributed by atoms with Gasteiger partial charge in [-0.2, -0.15) is 0 Å². The minimum absolute atomic E-state index is 0.0915. The molecule has 1 aromatic carbocycles. The summed E-state index contributed by atoms with van der Waals surface area (Å²) >= 11 is 0. The highest BCUT2D eigenvalue weighted by atomic mass is 19.1. The van der Waals surface area contributed by atoms with Crippen LogP contribution in [0.3, 0.4) is 0 Å². The molecule has 3 aromatic rings. The van der Waals surface area contributed by atoms with Crippen LogP contribution >= 0.6 is 0 Å². The summed E-state index contributed by atoms with van der Waals surface area (Å²) < 4.78 is 21.0. The monoisotopic (exact) mass is 340 g/mol. The van der Waals surface area contributed by atoms with Gasteiger partial charge in [-0.25, -0.2) is 9.37 Å². The number of hydrogen-bond donors (Lipinski definition) is 1. The van der Waals surface area contributed by atoms with Gasteiger partial charge in [-0.05, 0) is 37.5 Å². The van der Waals surface area contributed by atoms with Crippen molar-refractivity contribution in [1.82, 2.24) is 19.7 Å². The molecule has 25 heavy (non-hydrogen) atoms. The number of aromatic hydroxyl groups is 1. The Balaban J connectivity index is 1.53. The molecular weight excluding hydrogens is 323 g/mol. The van der Waals surface area contributed by atoms with E-state index in [1.165, 1.54) is 0 Å². The van der Waals surface area contributed by atoms with Crippen molar-refractivity contribution in [3.05, 3.63) is 49.1 Å². The van der Waals surface area contributed by atoms with Crippen LogP contribution in [0.4, 0.5) is 4.39 Å². The first-order valence-corrected chi connectivity index (χ1v) is 8.17. The number of imidazole rings is 1. The maximum absolute atomic E-state index is 13.6. The van der Waals surface area contributed by atoms with Gasteiger partial charge < -0.3 is 14.4 Å². The van der Waals surface area contributed by atoms with Gasteiger partial charge in [-0.3, -0.25) is 0 Å². The molecule has 2 aromatic heterocycles. The van der Waals surface area contributed by atoms with Gasteiger partial charge in [0.2, 0.25) is 5.88 Å². The molecule has 0 aliphatic heterocycles. The summed E-state index contributed by atoms with van der Waals surface area (Å²) in [6, 6.07) is 8.61. The third kappa shape index (κ3) is 3.17. The number of alkyl halides is 1. The lowest BCUT2D eigenvalue weighted by molar-refractivity contribution is 0.119. The van der Waals surface area contributed by atoms with Crippen LogP contribution in [-0.4, -0.2) is 37.1 Å². The van der Waals surface area contributed by atoms with Crippen molar-refractivity contribution in [3.63, 3.8) is 0 Å². The molecular formula is C18H17FN4O2. The minimum Gasteiger partial charge on any atom is -0.507 e. The molecule has 0 spiro atoms. The molecule has 0 amide bonds. The Morgan fingerprint density at radius 3 is 2.72 bits per heavy atom. The topological polar surface area (TPSA) is 73.1 Å². The second kappa shape index (κ2) is 6.51. The van der Waals surface area contributed by atoms with Crippen LogP contribution < -0.4 is 4.74 Å². The third-order valence-corrected chi connectivity index (χ3v) is 4.34. The van der Waals surface area contributed by atoms with Gasteiger partial charge in [0.15, 0.2) is 0 Å². The Kier molecular flexibility index (Phi) is 4.05. The van der Waals surface area contributed by atoms with Crippen molar-refractivity contribution in [2.45, 2.75) is 31.5 Å². The maximum atomic E-state index is 13.6. The number of aromatic nitrogens is 4. The van der Waals surface area contributed by atoms with Crippen LogP contribution in [0.1, 0.15) is 19.3 Å². The SMILES string of the molecule is Oc1cc(-n2ccnc2)ccc1-c1ccc(O[C@@H]2CCC[C@@H]2F)nn1. The molecule has 0 radical (unpaired) electrons. The number of rotatable bonds is 4. The van der Waals surface area contributed by atoms with Gasteiger partial charge in [0, 0.05) is 30.1 Å². The highest BCUT2D eigenvalue weighted by Gasteiger charge is 2.29. The Labute approximate surface area is 143 Å². The van der Waals surface area contributed by atoms with Crippen LogP contribution in [0.5, 0.6) is 11.6 Å². The fraction of sp³-hybridized carbons (Fsp3) is 0.278. The molecule has 4 rings (SSSR count). The summed E-state index contributed by atoms with van der Waals surface area (Å²) in [4.78, 5) is 3.98. The number of halogens is 1. The average molecular weight is 340 g/mol. The zero-order valence-electron chi connectivity index (χ0n) is 13.4. The van der Waals surface area contributed by atoms with Crippen LogP contribution in [-0.2, 0) is 0 Å². The summed E-state index contributed by atoms with van der Waals surface area (Å²) in [7, 11) is 0. The molecule has 0 unspecified atom stereocenters. The number of ether oxygens (including phenoxy) is 1. The fourth-order valence-electron chi connectivity index (χ4n) is 3.00.